The maximum absolute atomic E-state index is 13.1. The summed E-state index contributed by atoms with van der Waals surface area (Å²) in [6.45, 7) is 4.87. The van der Waals surface area contributed by atoms with Gasteiger partial charge in [0.15, 0.2) is 0 Å². The average Bonchev–Trinajstić information content (AvgIpc) is 3.43. The molecule has 81 heavy (non-hydrogen) atoms. The lowest BCUT2D eigenvalue weighted by Crippen LogP contribution is -2.45. The van der Waals surface area contributed by atoms with E-state index in [4.69, 9.17) is 9.05 Å². The van der Waals surface area contributed by atoms with Crippen LogP contribution in [-0.4, -0.2) is 73.4 Å². The molecule has 0 aromatic carbocycles. The molecule has 0 saturated heterocycles. The van der Waals surface area contributed by atoms with Gasteiger partial charge in [-0.05, 0) is 32.1 Å². The number of aliphatic hydroxyl groups excluding tert-OH is 1. The number of aliphatic hydroxyl groups is 1. The molecule has 0 fully saturated rings. The van der Waals surface area contributed by atoms with E-state index in [0.29, 0.717) is 17.4 Å². The number of quaternary nitrogens is 1. The third-order valence-electron chi connectivity index (χ3n) is 16.9. The van der Waals surface area contributed by atoms with Gasteiger partial charge in [-0.3, -0.25) is 13.8 Å². The topological polar surface area (TPSA) is 105 Å². The highest BCUT2D eigenvalue weighted by molar-refractivity contribution is 7.47. The van der Waals surface area contributed by atoms with Gasteiger partial charge in [-0.2, -0.15) is 0 Å². The van der Waals surface area contributed by atoms with Gasteiger partial charge in [0.05, 0.1) is 39.9 Å². The summed E-state index contributed by atoms with van der Waals surface area (Å²) in [5.41, 5.74) is 0. The monoisotopic (exact) mass is 1160 g/mol. The van der Waals surface area contributed by atoms with Crippen molar-refractivity contribution in [2.24, 2.45) is 0 Å². The first kappa shape index (κ1) is 80.0. The van der Waals surface area contributed by atoms with E-state index in [1.165, 1.54) is 321 Å². The van der Waals surface area contributed by atoms with Crippen LogP contribution in [0.15, 0.2) is 24.3 Å². The highest BCUT2D eigenvalue weighted by atomic mass is 31.2. The van der Waals surface area contributed by atoms with Crippen LogP contribution in [0.5, 0.6) is 0 Å². The second-order valence-electron chi connectivity index (χ2n) is 26.3. The number of phosphoric acid groups is 1. The Balaban J connectivity index is 4.05. The van der Waals surface area contributed by atoms with Gasteiger partial charge in [-0.25, -0.2) is 4.57 Å². The van der Waals surface area contributed by atoms with Crippen LogP contribution in [0.4, 0.5) is 0 Å². The van der Waals surface area contributed by atoms with Crippen LogP contribution in [0.3, 0.4) is 0 Å². The van der Waals surface area contributed by atoms with Gasteiger partial charge in [0.25, 0.3) is 0 Å². The fourth-order valence-corrected chi connectivity index (χ4v) is 12.0. The zero-order chi connectivity index (χ0) is 59.1. The first-order valence-electron chi connectivity index (χ1n) is 36.2. The molecular formula is C72H144N2O6P+. The SMILES string of the molecule is CCCCCCCCCCCCCCCCCCCCCCCCCC/C=C/CC/C=C/C(O)C(COP(=O)(O)OCC[N+](C)(C)C)NC(=O)CCCCCCCCCCCCCCCCCCCCCCCCCCCCCCC. The molecule has 0 aliphatic rings. The molecule has 0 radical (unpaired) electrons. The maximum Gasteiger partial charge on any atom is 0.472 e. The lowest BCUT2D eigenvalue weighted by atomic mass is 10.0. The van der Waals surface area contributed by atoms with Gasteiger partial charge >= 0.3 is 7.82 Å². The summed E-state index contributed by atoms with van der Waals surface area (Å²) in [4.78, 5) is 23.4. The molecule has 3 unspecified atom stereocenters. The Bertz CT molecular complexity index is 1370. The number of likely N-dealkylation sites (N-methyl/N-ethyl adjacent to an activating group) is 1. The van der Waals surface area contributed by atoms with E-state index in [9.17, 15) is 19.4 Å². The van der Waals surface area contributed by atoms with Crippen molar-refractivity contribution in [2.45, 2.75) is 392 Å². The highest BCUT2D eigenvalue weighted by Crippen LogP contribution is 2.43. The van der Waals surface area contributed by atoms with E-state index in [1.54, 1.807) is 6.08 Å². The van der Waals surface area contributed by atoms with E-state index >= 15 is 0 Å². The Kier molecular flexibility index (Phi) is 62.7. The van der Waals surface area contributed by atoms with Crippen LogP contribution in [0.2, 0.25) is 0 Å². The standard InChI is InChI=1S/C72H143N2O6P/c1-6-8-10-12-14-16-18-20-22-24-26-28-30-32-34-36-38-39-41-43-45-47-49-51-53-55-57-59-61-63-65-71(75)70(69-80-81(77,78)79-68-67-74(3,4)5)73-72(76)66-64-62-60-58-56-54-52-50-48-46-44-42-40-37-35-33-31-29-27-25-23-21-19-17-15-13-11-9-7-2/h55,57,63,65,70-71,75H,6-54,56,58-62,64,66-69H2,1-5H3,(H-,73,76,77,78)/p+1/b57-55+,65-63+. The van der Waals surface area contributed by atoms with Crippen molar-refractivity contribution in [1.82, 2.24) is 5.32 Å². The summed E-state index contributed by atoms with van der Waals surface area (Å²) in [7, 11) is 1.58. The number of carbonyl (C=O) groups excluding carboxylic acids is 1. The summed E-state index contributed by atoms with van der Waals surface area (Å²) in [5.74, 6) is -0.177. The van der Waals surface area contributed by atoms with Crippen molar-refractivity contribution in [1.29, 1.82) is 0 Å². The summed E-state index contributed by atoms with van der Waals surface area (Å²) < 4.78 is 23.8. The molecule has 0 saturated carbocycles. The lowest BCUT2D eigenvalue weighted by molar-refractivity contribution is -0.870. The van der Waals surface area contributed by atoms with Gasteiger partial charge in [0.1, 0.15) is 13.2 Å². The third-order valence-corrected chi connectivity index (χ3v) is 17.9. The maximum atomic E-state index is 13.1. The minimum absolute atomic E-state index is 0.0591. The van der Waals surface area contributed by atoms with Crippen LogP contribution in [-0.2, 0) is 18.4 Å². The highest BCUT2D eigenvalue weighted by Gasteiger charge is 2.28. The molecule has 3 atom stereocenters. The minimum Gasteiger partial charge on any atom is -0.387 e. The van der Waals surface area contributed by atoms with E-state index in [-0.39, 0.29) is 19.1 Å². The number of nitrogens with zero attached hydrogens (tertiary/aromatic N) is 1. The third kappa shape index (κ3) is 66.4. The first-order valence-corrected chi connectivity index (χ1v) is 37.7. The summed E-state index contributed by atoms with van der Waals surface area (Å²) in [5, 5.41) is 14.0. The number of hydrogen-bond acceptors (Lipinski definition) is 5. The van der Waals surface area contributed by atoms with E-state index < -0.39 is 20.0 Å². The number of nitrogens with one attached hydrogen (secondary N) is 1. The van der Waals surface area contributed by atoms with Gasteiger partial charge in [0.2, 0.25) is 5.91 Å². The van der Waals surface area contributed by atoms with E-state index in [1.807, 2.05) is 27.2 Å². The van der Waals surface area contributed by atoms with Gasteiger partial charge in [0, 0.05) is 6.42 Å². The van der Waals surface area contributed by atoms with Crippen LogP contribution in [0, 0.1) is 0 Å². The number of allylic oxidation sites excluding steroid dienone is 3. The molecule has 8 nitrogen and oxygen atoms in total. The lowest BCUT2D eigenvalue weighted by Gasteiger charge is -2.25. The number of phosphoric ester groups is 1. The van der Waals surface area contributed by atoms with Crippen LogP contribution >= 0.6 is 7.82 Å². The van der Waals surface area contributed by atoms with Crippen LogP contribution in [0.1, 0.15) is 380 Å². The Morgan fingerprint density at radius 2 is 0.679 bits per heavy atom. The molecule has 0 rings (SSSR count). The average molecular weight is 1160 g/mol. The molecule has 0 spiro atoms. The second kappa shape index (κ2) is 63.5. The number of carbonyl (C=O) groups is 1. The van der Waals surface area contributed by atoms with Crippen molar-refractivity contribution in [3.63, 3.8) is 0 Å². The van der Waals surface area contributed by atoms with Crippen molar-refractivity contribution >= 4 is 13.7 Å². The molecule has 0 aromatic rings. The van der Waals surface area contributed by atoms with Gasteiger partial charge in [-0.15, -0.1) is 0 Å². The van der Waals surface area contributed by atoms with Gasteiger partial charge in [-0.1, -0.05) is 366 Å². The van der Waals surface area contributed by atoms with Crippen molar-refractivity contribution in [3.8, 4) is 0 Å². The second-order valence-corrected chi connectivity index (χ2v) is 27.8. The molecule has 9 heteroatoms. The van der Waals surface area contributed by atoms with Crippen molar-refractivity contribution in [3.05, 3.63) is 24.3 Å². The summed E-state index contributed by atoms with van der Waals surface area (Å²) in [6, 6.07) is -0.862. The molecular weight excluding hydrogens is 1020 g/mol. The number of rotatable bonds is 68. The first-order chi connectivity index (χ1) is 39.5. The van der Waals surface area contributed by atoms with E-state index in [0.717, 1.165) is 38.5 Å². The molecule has 0 aromatic heterocycles. The Morgan fingerprint density at radius 1 is 0.407 bits per heavy atom. The Hall–Kier alpha value is -1.02. The zero-order valence-electron chi connectivity index (χ0n) is 55.3. The Morgan fingerprint density at radius 3 is 0.988 bits per heavy atom. The molecule has 0 aliphatic carbocycles. The van der Waals surface area contributed by atoms with Crippen molar-refractivity contribution < 1.29 is 32.9 Å². The minimum atomic E-state index is -4.36. The number of hydrogen-bond donors (Lipinski definition) is 3. The molecule has 1 amide bonds. The molecule has 482 valence electrons. The number of amides is 1. The quantitative estimate of drug-likeness (QED) is 0.0243. The van der Waals surface area contributed by atoms with Gasteiger partial charge < -0.3 is 19.8 Å². The molecule has 3 N–H and O–H groups in total. The van der Waals surface area contributed by atoms with Crippen LogP contribution in [0.25, 0.3) is 0 Å². The largest absolute Gasteiger partial charge is 0.472 e. The van der Waals surface area contributed by atoms with E-state index in [2.05, 4.69) is 31.3 Å². The molecule has 0 heterocycles. The molecule has 0 aliphatic heterocycles. The fraction of sp³-hybridized carbons (Fsp3) is 0.931. The normalized spacial score (nSPS) is 13.7. The summed E-state index contributed by atoms with van der Waals surface area (Å²) >= 11 is 0. The zero-order valence-corrected chi connectivity index (χ0v) is 56.2. The van der Waals surface area contributed by atoms with Crippen LogP contribution < -0.4 is 5.32 Å². The van der Waals surface area contributed by atoms with Crippen molar-refractivity contribution in [2.75, 3.05) is 40.9 Å². The molecule has 0 bridgehead atoms. The number of unbranched alkanes of at least 4 members (excludes halogenated alkanes) is 53. The fourth-order valence-electron chi connectivity index (χ4n) is 11.3. The predicted octanol–water partition coefficient (Wildman–Crippen LogP) is 23.1. The Labute approximate surface area is 506 Å². The summed E-state index contributed by atoms with van der Waals surface area (Å²) in [6.07, 6.45) is 83.5. The smallest absolute Gasteiger partial charge is 0.387 e. The predicted molar refractivity (Wildman–Crippen MR) is 355 cm³/mol.